The predicted molar refractivity (Wildman–Crippen MR) is 92.6 cm³/mol. The Hall–Kier alpha value is -1.86. The number of hydrogen-bond acceptors (Lipinski definition) is 5. The van der Waals surface area contributed by atoms with Crippen molar-refractivity contribution in [3.63, 3.8) is 0 Å². The number of rotatable bonds is 6. The number of carbonyl (C=O) groups is 1. The number of aromatic amines is 1. The Kier molecular flexibility index (Phi) is 5.30. The van der Waals surface area contributed by atoms with Crippen LogP contribution >= 0.6 is 11.8 Å². The quantitative estimate of drug-likeness (QED) is 0.688. The van der Waals surface area contributed by atoms with Gasteiger partial charge in [0, 0.05) is 24.8 Å². The molecule has 23 heavy (non-hydrogen) atoms. The summed E-state index contributed by atoms with van der Waals surface area (Å²) in [6.45, 7) is 1.84. The lowest BCUT2D eigenvalue weighted by Crippen LogP contribution is -2.36. The number of fused-ring (bicyclic) bond motifs is 1. The maximum absolute atomic E-state index is 12.0. The van der Waals surface area contributed by atoms with E-state index in [1.807, 2.05) is 18.2 Å². The van der Waals surface area contributed by atoms with Crippen molar-refractivity contribution >= 4 is 28.6 Å². The van der Waals surface area contributed by atoms with E-state index in [4.69, 9.17) is 0 Å². The number of aromatic nitrogens is 2. The van der Waals surface area contributed by atoms with Crippen molar-refractivity contribution in [3.8, 4) is 0 Å². The molecule has 1 saturated heterocycles. The van der Waals surface area contributed by atoms with Crippen molar-refractivity contribution in [1.29, 1.82) is 0 Å². The number of thioether (sulfide) groups is 1. The molecule has 6 nitrogen and oxygen atoms in total. The molecule has 2 heterocycles. The number of benzene rings is 1. The van der Waals surface area contributed by atoms with Crippen LogP contribution in [0.2, 0.25) is 0 Å². The van der Waals surface area contributed by atoms with Crippen LogP contribution in [0.5, 0.6) is 0 Å². The number of nitrogens with zero attached hydrogens (tertiary/aromatic N) is 1. The standard InChI is InChI=1S/C16H20N4O2S/c21-15(18-11-5-7-17-9-11)6-8-23-10-14-19-13-4-2-1-3-12(13)16(22)20-14/h1-4,11,17H,5-10H2,(H,18,21)(H,19,20,22). The van der Waals surface area contributed by atoms with E-state index in [0.717, 1.165) is 19.5 Å². The second-order valence-electron chi connectivity index (χ2n) is 5.59. The molecule has 0 aliphatic carbocycles. The Bertz CT molecular complexity index is 740. The minimum atomic E-state index is -0.113. The molecule has 1 aromatic carbocycles. The summed E-state index contributed by atoms with van der Waals surface area (Å²) in [4.78, 5) is 31.0. The molecule has 3 N–H and O–H groups in total. The first-order valence-electron chi connectivity index (χ1n) is 7.78. The fourth-order valence-corrected chi connectivity index (χ4v) is 3.42. The van der Waals surface area contributed by atoms with E-state index in [1.54, 1.807) is 17.8 Å². The first-order valence-corrected chi connectivity index (χ1v) is 8.93. The van der Waals surface area contributed by atoms with Crippen LogP contribution in [0.1, 0.15) is 18.7 Å². The second kappa shape index (κ2) is 7.61. The molecular formula is C16H20N4O2S. The largest absolute Gasteiger partial charge is 0.352 e. The molecule has 1 aliphatic heterocycles. The van der Waals surface area contributed by atoms with Crippen LogP contribution in [0.15, 0.2) is 29.1 Å². The van der Waals surface area contributed by atoms with E-state index in [2.05, 4.69) is 20.6 Å². The lowest BCUT2D eigenvalue weighted by molar-refractivity contribution is -0.121. The van der Waals surface area contributed by atoms with E-state index in [9.17, 15) is 9.59 Å². The zero-order valence-electron chi connectivity index (χ0n) is 12.8. The zero-order chi connectivity index (χ0) is 16.1. The number of amides is 1. The molecule has 0 spiro atoms. The average Bonchev–Trinajstić information content (AvgIpc) is 3.04. The SMILES string of the molecule is O=C(CCSCc1nc2ccccc2c(=O)[nH]1)NC1CCNC1. The van der Waals surface area contributed by atoms with Gasteiger partial charge in [0.05, 0.1) is 16.7 Å². The number of para-hydroxylation sites is 1. The molecule has 3 rings (SSSR count). The van der Waals surface area contributed by atoms with Gasteiger partial charge < -0.3 is 15.6 Å². The number of nitrogens with one attached hydrogen (secondary N) is 3. The highest BCUT2D eigenvalue weighted by Gasteiger charge is 2.16. The van der Waals surface area contributed by atoms with Gasteiger partial charge in [0.1, 0.15) is 5.82 Å². The molecule has 1 aromatic heterocycles. The van der Waals surface area contributed by atoms with E-state index < -0.39 is 0 Å². The maximum Gasteiger partial charge on any atom is 0.258 e. The summed E-state index contributed by atoms with van der Waals surface area (Å²) in [6, 6.07) is 7.56. The van der Waals surface area contributed by atoms with Crippen molar-refractivity contribution in [2.75, 3.05) is 18.8 Å². The van der Waals surface area contributed by atoms with Crippen LogP contribution in [0.25, 0.3) is 10.9 Å². The lowest BCUT2D eigenvalue weighted by Gasteiger charge is -2.10. The van der Waals surface area contributed by atoms with Crippen molar-refractivity contribution in [3.05, 3.63) is 40.4 Å². The van der Waals surface area contributed by atoms with Gasteiger partial charge in [-0.1, -0.05) is 12.1 Å². The third kappa shape index (κ3) is 4.33. The van der Waals surface area contributed by atoms with Gasteiger partial charge in [-0.05, 0) is 25.1 Å². The summed E-state index contributed by atoms with van der Waals surface area (Å²) in [7, 11) is 0. The van der Waals surface area contributed by atoms with Crippen molar-refractivity contribution in [1.82, 2.24) is 20.6 Å². The predicted octanol–water partition coefficient (Wildman–Crippen LogP) is 1.02. The fourth-order valence-electron chi connectivity index (χ4n) is 2.61. The summed E-state index contributed by atoms with van der Waals surface area (Å²) in [6.07, 6.45) is 1.49. The molecule has 0 radical (unpaired) electrons. The first-order chi connectivity index (χ1) is 11.2. The molecule has 7 heteroatoms. The number of carbonyl (C=O) groups excluding carboxylic acids is 1. The monoisotopic (exact) mass is 332 g/mol. The smallest absolute Gasteiger partial charge is 0.258 e. The van der Waals surface area contributed by atoms with Gasteiger partial charge in [0.25, 0.3) is 5.56 Å². The molecule has 2 aromatic rings. The van der Waals surface area contributed by atoms with Crippen molar-refractivity contribution < 1.29 is 4.79 Å². The third-order valence-electron chi connectivity index (χ3n) is 3.80. The Morgan fingerprint density at radius 2 is 2.26 bits per heavy atom. The highest BCUT2D eigenvalue weighted by atomic mass is 32.2. The Balaban J connectivity index is 1.47. The van der Waals surface area contributed by atoms with Crippen LogP contribution in [0.3, 0.4) is 0 Å². The van der Waals surface area contributed by atoms with Gasteiger partial charge in [-0.25, -0.2) is 4.98 Å². The second-order valence-corrected chi connectivity index (χ2v) is 6.69. The molecule has 1 unspecified atom stereocenters. The van der Waals surface area contributed by atoms with Gasteiger partial charge in [0.2, 0.25) is 5.91 Å². The van der Waals surface area contributed by atoms with E-state index in [0.29, 0.717) is 34.7 Å². The fraction of sp³-hybridized carbons (Fsp3) is 0.438. The van der Waals surface area contributed by atoms with E-state index in [1.165, 1.54) is 0 Å². The van der Waals surface area contributed by atoms with Gasteiger partial charge in [-0.3, -0.25) is 9.59 Å². The molecule has 0 saturated carbocycles. The summed E-state index contributed by atoms with van der Waals surface area (Å²) in [5.74, 6) is 2.05. The molecule has 122 valence electrons. The Morgan fingerprint density at radius 1 is 1.39 bits per heavy atom. The van der Waals surface area contributed by atoms with Gasteiger partial charge >= 0.3 is 0 Å². The van der Waals surface area contributed by atoms with Crippen LogP contribution in [0, 0.1) is 0 Å². The topological polar surface area (TPSA) is 86.9 Å². The normalized spacial score (nSPS) is 17.5. The molecule has 0 bridgehead atoms. The van der Waals surface area contributed by atoms with E-state index >= 15 is 0 Å². The molecule has 1 atom stereocenters. The minimum absolute atomic E-state index is 0.0890. The summed E-state index contributed by atoms with van der Waals surface area (Å²) >= 11 is 1.60. The van der Waals surface area contributed by atoms with Crippen LogP contribution in [0.4, 0.5) is 0 Å². The van der Waals surface area contributed by atoms with E-state index in [-0.39, 0.29) is 17.5 Å². The highest BCUT2D eigenvalue weighted by molar-refractivity contribution is 7.98. The van der Waals surface area contributed by atoms with Gasteiger partial charge in [0.15, 0.2) is 0 Å². The van der Waals surface area contributed by atoms with Crippen molar-refractivity contribution in [2.45, 2.75) is 24.6 Å². The summed E-state index contributed by atoms with van der Waals surface area (Å²) in [5.41, 5.74) is 0.594. The van der Waals surface area contributed by atoms with Crippen LogP contribution in [-0.2, 0) is 10.5 Å². The Morgan fingerprint density at radius 3 is 3.09 bits per heavy atom. The number of hydrogen-bond donors (Lipinski definition) is 3. The highest BCUT2D eigenvalue weighted by Crippen LogP contribution is 2.12. The maximum atomic E-state index is 12.0. The van der Waals surface area contributed by atoms with Crippen LogP contribution < -0.4 is 16.2 Å². The van der Waals surface area contributed by atoms with Crippen LogP contribution in [-0.4, -0.2) is 40.8 Å². The third-order valence-corrected chi connectivity index (χ3v) is 4.77. The molecule has 1 aliphatic rings. The molecule has 1 amide bonds. The summed E-state index contributed by atoms with van der Waals surface area (Å²) < 4.78 is 0. The zero-order valence-corrected chi connectivity index (χ0v) is 13.6. The molecule has 1 fully saturated rings. The first kappa shape index (κ1) is 16.0. The lowest BCUT2D eigenvalue weighted by atomic mass is 10.2. The summed E-state index contributed by atoms with van der Waals surface area (Å²) in [5, 5.41) is 6.85. The van der Waals surface area contributed by atoms with Crippen molar-refractivity contribution in [2.24, 2.45) is 0 Å². The van der Waals surface area contributed by atoms with Gasteiger partial charge in [-0.2, -0.15) is 11.8 Å². The molecular weight excluding hydrogens is 312 g/mol. The average molecular weight is 332 g/mol. The Labute approximate surface area is 138 Å². The number of H-pyrrole nitrogens is 1. The van der Waals surface area contributed by atoms with Gasteiger partial charge in [-0.15, -0.1) is 0 Å². The minimum Gasteiger partial charge on any atom is -0.352 e.